The second-order valence-corrected chi connectivity index (χ2v) is 8.69. The highest BCUT2D eigenvalue weighted by molar-refractivity contribution is 5.86. The van der Waals surface area contributed by atoms with Crippen molar-refractivity contribution in [3.05, 3.63) is 69.3 Å². The number of aryl methyl sites for hydroxylation is 2. The van der Waals surface area contributed by atoms with Gasteiger partial charge in [0.25, 0.3) is 0 Å². The molecule has 1 amide bonds. The number of imidazole rings is 1. The van der Waals surface area contributed by atoms with Crippen LogP contribution >= 0.6 is 0 Å². The maximum Gasteiger partial charge on any atom is 0.339 e. The monoisotopic (exact) mass is 447 g/mol. The lowest BCUT2D eigenvalue weighted by molar-refractivity contribution is -0.122. The SMILES string of the molecule is COc1ccc2c(C)c(CCC(=O)NC(c3nc4ccccc4[nH]3)C(C)C)c(=O)oc2c1C. The zero-order valence-corrected chi connectivity index (χ0v) is 19.6. The van der Waals surface area contributed by atoms with E-state index in [0.717, 1.165) is 33.4 Å². The molecule has 33 heavy (non-hydrogen) atoms. The molecule has 7 heteroatoms. The van der Waals surface area contributed by atoms with E-state index >= 15 is 0 Å². The van der Waals surface area contributed by atoms with Crippen LogP contribution in [0, 0.1) is 19.8 Å². The highest BCUT2D eigenvalue weighted by atomic mass is 16.5. The van der Waals surface area contributed by atoms with E-state index in [9.17, 15) is 9.59 Å². The van der Waals surface area contributed by atoms with Gasteiger partial charge in [-0.2, -0.15) is 0 Å². The molecular formula is C26H29N3O4. The zero-order chi connectivity index (χ0) is 23.7. The van der Waals surface area contributed by atoms with Gasteiger partial charge in [-0.25, -0.2) is 9.78 Å². The molecule has 0 radical (unpaired) electrons. The summed E-state index contributed by atoms with van der Waals surface area (Å²) in [7, 11) is 1.59. The summed E-state index contributed by atoms with van der Waals surface area (Å²) >= 11 is 0. The van der Waals surface area contributed by atoms with E-state index in [0.29, 0.717) is 23.3 Å². The summed E-state index contributed by atoms with van der Waals surface area (Å²) in [6.07, 6.45) is 0.474. The predicted molar refractivity (Wildman–Crippen MR) is 129 cm³/mol. The number of nitrogens with one attached hydrogen (secondary N) is 2. The molecule has 0 saturated heterocycles. The van der Waals surface area contributed by atoms with E-state index in [1.807, 2.05) is 64.1 Å². The number of hydrogen-bond donors (Lipinski definition) is 2. The Morgan fingerprint density at radius 2 is 1.91 bits per heavy atom. The molecule has 0 fully saturated rings. The van der Waals surface area contributed by atoms with Crippen LogP contribution in [-0.4, -0.2) is 23.0 Å². The number of methoxy groups -OCH3 is 1. The number of benzene rings is 2. The summed E-state index contributed by atoms with van der Waals surface area (Å²) in [5.74, 6) is 1.40. The number of H-pyrrole nitrogens is 1. The number of carbonyl (C=O) groups is 1. The van der Waals surface area contributed by atoms with Gasteiger partial charge in [-0.3, -0.25) is 4.79 Å². The van der Waals surface area contributed by atoms with Crippen LogP contribution in [0.5, 0.6) is 5.75 Å². The van der Waals surface area contributed by atoms with Gasteiger partial charge in [0.05, 0.1) is 24.2 Å². The predicted octanol–water partition coefficient (Wildman–Crippen LogP) is 4.74. The van der Waals surface area contributed by atoms with Crippen LogP contribution in [0.3, 0.4) is 0 Å². The van der Waals surface area contributed by atoms with Crippen LogP contribution in [0.4, 0.5) is 0 Å². The lowest BCUT2D eigenvalue weighted by Crippen LogP contribution is -2.33. The topological polar surface area (TPSA) is 97.2 Å². The minimum absolute atomic E-state index is 0.139. The van der Waals surface area contributed by atoms with Crippen molar-refractivity contribution in [2.24, 2.45) is 5.92 Å². The zero-order valence-electron chi connectivity index (χ0n) is 19.6. The summed E-state index contributed by atoms with van der Waals surface area (Å²) in [5.41, 5.74) is 4.04. The molecule has 0 spiro atoms. The Morgan fingerprint density at radius 3 is 2.61 bits per heavy atom. The molecule has 4 rings (SSSR count). The molecule has 7 nitrogen and oxygen atoms in total. The fraction of sp³-hybridized carbons (Fsp3) is 0.346. The van der Waals surface area contributed by atoms with E-state index < -0.39 is 5.63 Å². The van der Waals surface area contributed by atoms with Crippen LogP contribution < -0.4 is 15.7 Å². The van der Waals surface area contributed by atoms with E-state index in [1.54, 1.807) is 7.11 Å². The van der Waals surface area contributed by atoms with Crippen molar-refractivity contribution < 1.29 is 13.9 Å². The Hall–Kier alpha value is -3.61. The Balaban J connectivity index is 1.53. The van der Waals surface area contributed by atoms with Crippen LogP contribution in [0.2, 0.25) is 0 Å². The van der Waals surface area contributed by atoms with Crippen molar-refractivity contribution in [3.63, 3.8) is 0 Å². The third kappa shape index (κ3) is 4.35. The molecule has 2 heterocycles. The second kappa shape index (κ2) is 9.10. The van der Waals surface area contributed by atoms with Crippen molar-refractivity contribution in [2.75, 3.05) is 7.11 Å². The number of hydrogen-bond acceptors (Lipinski definition) is 5. The van der Waals surface area contributed by atoms with E-state index in [4.69, 9.17) is 9.15 Å². The molecule has 1 atom stereocenters. The second-order valence-electron chi connectivity index (χ2n) is 8.69. The van der Waals surface area contributed by atoms with Crippen molar-refractivity contribution in [2.45, 2.75) is 46.6 Å². The molecule has 4 aromatic rings. The number of rotatable bonds is 7. The number of nitrogens with zero attached hydrogens (tertiary/aromatic N) is 1. The molecule has 172 valence electrons. The number of fused-ring (bicyclic) bond motifs is 2. The number of ether oxygens (including phenoxy) is 1. The molecular weight excluding hydrogens is 418 g/mol. The standard InChI is InChI=1S/C26H29N3O4/c1-14(2)23(25-27-19-8-6-7-9-20(19)28-25)29-22(30)13-11-18-15(3)17-10-12-21(32-5)16(4)24(17)33-26(18)31/h6-10,12,14,23H,11,13H2,1-5H3,(H,27,28)(H,29,30). The van der Waals surface area contributed by atoms with Crippen LogP contribution in [0.15, 0.2) is 45.6 Å². The number of carbonyl (C=O) groups excluding carboxylic acids is 1. The first-order valence-electron chi connectivity index (χ1n) is 11.1. The average molecular weight is 448 g/mol. The van der Waals surface area contributed by atoms with Gasteiger partial charge < -0.3 is 19.5 Å². The Kier molecular flexibility index (Phi) is 6.22. The van der Waals surface area contributed by atoms with E-state index in [-0.39, 0.29) is 24.3 Å². The molecule has 2 aromatic carbocycles. The number of para-hydroxylation sites is 2. The minimum Gasteiger partial charge on any atom is -0.496 e. The molecule has 0 aliphatic heterocycles. The molecule has 1 unspecified atom stereocenters. The first-order valence-corrected chi connectivity index (χ1v) is 11.1. The highest BCUT2D eigenvalue weighted by Crippen LogP contribution is 2.29. The van der Waals surface area contributed by atoms with Crippen molar-refractivity contribution in [3.8, 4) is 5.75 Å². The highest BCUT2D eigenvalue weighted by Gasteiger charge is 2.22. The van der Waals surface area contributed by atoms with Gasteiger partial charge in [0, 0.05) is 22.9 Å². The fourth-order valence-electron chi connectivity index (χ4n) is 4.24. The van der Waals surface area contributed by atoms with Gasteiger partial charge in [-0.1, -0.05) is 26.0 Å². The van der Waals surface area contributed by atoms with Crippen molar-refractivity contribution in [1.82, 2.24) is 15.3 Å². The van der Waals surface area contributed by atoms with E-state index in [2.05, 4.69) is 15.3 Å². The largest absolute Gasteiger partial charge is 0.496 e. The maximum atomic E-state index is 12.8. The summed E-state index contributed by atoms with van der Waals surface area (Å²) < 4.78 is 11.0. The minimum atomic E-state index is -0.415. The van der Waals surface area contributed by atoms with Gasteiger partial charge in [0.1, 0.15) is 17.2 Å². The lowest BCUT2D eigenvalue weighted by atomic mass is 9.99. The number of aromatic nitrogens is 2. The average Bonchev–Trinajstić information content (AvgIpc) is 3.21. The van der Waals surface area contributed by atoms with Gasteiger partial charge >= 0.3 is 5.63 Å². The van der Waals surface area contributed by atoms with Gasteiger partial charge in [-0.15, -0.1) is 0 Å². The summed E-state index contributed by atoms with van der Waals surface area (Å²) in [6, 6.07) is 11.3. The van der Waals surface area contributed by atoms with Crippen LogP contribution in [0.25, 0.3) is 22.0 Å². The Bertz CT molecular complexity index is 1350. The normalized spacial score (nSPS) is 12.4. The molecule has 0 aliphatic carbocycles. The quantitative estimate of drug-likeness (QED) is 0.399. The summed E-state index contributed by atoms with van der Waals surface area (Å²) in [6.45, 7) is 7.83. The molecule has 0 saturated carbocycles. The van der Waals surface area contributed by atoms with Crippen molar-refractivity contribution >= 4 is 27.9 Å². The number of aromatic amines is 1. The third-order valence-corrected chi connectivity index (χ3v) is 6.16. The molecule has 0 aliphatic rings. The Morgan fingerprint density at radius 1 is 1.15 bits per heavy atom. The Labute approximate surface area is 192 Å². The smallest absolute Gasteiger partial charge is 0.339 e. The first-order chi connectivity index (χ1) is 15.8. The summed E-state index contributed by atoms with van der Waals surface area (Å²) in [4.78, 5) is 33.5. The molecule has 2 aromatic heterocycles. The third-order valence-electron chi connectivity index (χ3n) is 6.16. The van der Waals surface area contributed by atoms with Gasteiger partial charge in [-0.05, 0) is 56.0 Å². The van der Waals surface area contributed by atoms with Gasteiger partial charge in [0.15, 0.2) is 0 Å². The van der Waals surface area contributed by atoms with Crippen LogP contribution in [0.1, 0.15) is 48.8 Å². The van der Waals surface area contributed by atoms with Gasteiger partial charge in [0.2, 0.25) is 5.91 Å². The van der Waals surface area contributed by atoms with Crippen LogP contribution in [-0.2, 0) is 11.2 Å². The molecule has 2 N–H and O–H groups in total. The maximum absolute atomic E-state index is 12.8. The summed E-state index contributed by atoms with van der Waals surface area (Å²) in [5, 5.41) is 3.93. The van der Waals surface area contributed by atoms with Crippen molar-refractivity contribution in [1.29, 1.82) is 0 Å². The van der Waals surface area contributed by atoms with E-state index in [1.165, 1.54) is 0 Å². The molecule has 0 bridgehead atoms. The number of amides is 1. The fourth-order valence-corrected chi connectivity index (χ4v) is 4.24. The first kappa shape index (κ1) is 22.6. The lowest BCUT2D eigenvalue weighted by Gasteiger charge is -2.20.